The number of likely N-dealkylation sites (tertiary alicyclic amines) is 2. The number of nitrogens with zero attached hydrogens (tertiary/aromatic N) is 4. The Labute approximate surface area is 138 Å². The molecule has 2 atom stereocenters. The van der Waals surface area contributed by atoms with Gasteiger partial charge >= 0.3 is 0 Å². The number of likely N-dealkylation sites (N-methyl/N-ethyl adjacent to an activating group) is 1. The number of carbonyl (C=O) groups excluding carboxylic acids is 1. The van der Waals surface area contributed by atoms with Gasteiger partial charge in [0.15, 0.2) is 0 Å². The lowest BCUT2D eigenvalue weighted by atomic mass is 10.0. The molecule has 0 aliphatic carbocycles. The Bertz CT molecular complexity index is 509. The Hall–Kier alpha value is -1.69. The summed E-state index contributed by atoms with van der Waals surface area (Å²) in [4.78, 5) is 25.5. The zero-order valence-corrected chi connectivity index (χ0v) is 13.9. The summed E-state index contributed by atoms with van der Waals surface area (Å²) in [5.41, 5.74) is 0. The molecule has 2 aliphatic heterocycles. The van der Waals surface area contributed by atoms with Gasteiger partial charge in [-0.05, 0) is 44.8 Å². The number of rotatable bonds is 6. The lowest BCUT2D eigenvalue weighted by molar-refractivity contribution is -0.132. The summed E-state index contributed by atoms with van der Waals surface area (Å²) in [6.45, 7) is 6.01. The zero-order chi connectivity index (χ0) is 16.1. The van der Waals surface area contributed by atoms with E-state index in [9.17, 15) is 4.79 Å². The number of carbonyl (C=O) groups is 1. The van der Waals surface area contributed by atoms with Crippen LogP contribution in [0.5, 0.6) is 0 Å². The first-order chi connectivity index (χ1) is 11.3. The molecule has 6 heteroatoms. The van der Waals surface area contributed by atoms with E-state index < -0.39 is 0 Å². The van der Waals surface area contributed by atoms with Crippen molar-refractivity contribution < 1.29 is 4.79 Å². The van der Waals surface area contributed by atoms with Crippen molar-refractivity contribution in [3.05, 3.63) is 18.5 Å². The summed E-state index contributed by atoms with van der Waals surface area (Å²) in [6, 6.07) is 2.77. The monoisotopic (exact) mass is 317 g/mol. The van der Waals surface area contributed by atoms with E-state index in [1.807, 2.05) is 0 Å². The van der Waals surface area contributed by atoms with Crippen molar-refractivity contribution in [2.24, 2.45) is 0 Å². The molecule has 1 amide bonds. The fraction of sp³-hybridized carbons (Fsp3) is 0.706. The largest absolute Gasteiger partial charge is 0.354 e. The number of hydrogen-bond acceptors (Lipinski definition) is 5. The molecule has 0 unspecified atom stereocenters. The fourth-order valence-electron chi connectivity index (χ4n) is 4.00. The van der Waals surface area contributed by atoms with Gasteiger partial charge < -0.3 is 10.2 Å². The first-order valence-electron chi connectivity index (χ1n) is 8.84. The summed E-state index contributed by atoms with van der Waals surface area (Å²) < 4.78 is 0. The number of amides is 1. The molecule has 1 N–H and O–H groups in total. The summed E-state index contributed by atoms with van der Waals surface area (Å²) in [5.74, 6) is 0.852. The minimum absolute atomic E-state index is 0.263. The van der Waals surface area contributed by atoms with Gasteiger partial charge in [-0.1, -0.05) is 6.92 Å². The Morgan fingerprint density at radius 1 is 1.22 bits per heavy atom. The topological polar surface area (TPSA) is 61.4 Å². The van der Waals surface area contributed by atoms with Crippen molar-refractivity contribution in [2.45, 2.75) is 51.1 Å². The molecule has 0 aromatic carbocycles. The molecule has 0 radical (unpaired) electrons. The molecule has 1 aromatic rings. The average Bonchev–Trinajstić information content (AvgIpc) is 3.24. The van der Waals surface area contributed by atoms with E-state index in [1.54, 1.807) is 18.5 Å². The molecule has 0 spiro atoms. The molecule has 6 nitrogen and oxygen atoms in total. The highest BCUT2D eigenvalue weighted by atomic mass is 16.2. The molecule has 3 heterocycles. The van der Waals surface area contributed by atoms with E-state index in [1.165, 1.54) is 19.4 Å². The van der Waals surface area contributed by atoms with Crippen LogP contribution < -0.4 is 5.32 Å². The Kier molecular flexibility index (Phi) is 5.43. The highest BCUT2D eigenvalue weighted by Crippen LogP contribution is 2.30. The van der Waals surface area contributed by atoms with Crippen LogP contribution in [0, 0.1) is 0 Å². The van der Waals surface area contributed by atoms with Crippen LogP contribution in [0.25, 0.3) is 0 Å². The second-order valence-electron chi connectivity index (χ2n) is 6.38. The Morgan fingerprint density at radius 3 is 2.74 bits per heavy atom. The second kappa shape index (κ2) is 7.73. The van der Waals surface area contributed by atoms with Gasteiger partial charge in [0, 0.05) is 44.0 Å². The van der Waals surface area contributed by atoms with Crippen LogP contribution in [0.2, 0.25) is 0 Å². The Morgan fingerprint density at radius 2 is 1.96 bits per heavy atom. The summed E-state index contributed by atoms with van der Waals surface area (Å²) in [6.07, 6.45) is 8.71. The van der Waals surface area contributed by atoms with Gasteiger partial charge in [-0.15, -0.1) is 0 Å². The van der Waals surface area contributed by atoms with E-state index in [2.05, 4.69) is 32.0 Å². The van der Waals surface area contributed by atoms with Crippen molar-refractivity contribution in [2.75, 3.05) is 31.5 Å². The average molecular weight is 317 g/mol. The normalized spacial score (nSPS) is 25.0. The third-order valence-corrected chi connectivity index (χ3v) is 5.07. The summed E-state index contributed by atoms with van der Waals surface area (Å²) >= 11 is 0. The van der Waals surface area contributed by atoms with Crippen LogP contribution >= 0.6 is 0 Å². The van der Waals surface area contributed by atoms with Gasteiger partial charge in [0.2, 0.25) is 11.9 Å². The highest BCUT2D eigenvalue weighted by molar-refractivity contribution is 5.77. The second-order valence-corrected chi connectivity index (χ2v) is 6.38. The van der Waals surface area contributed by atoms with Crippen LogP contribution in [-0.2, 0) is 4.79 Å². The molecule has 2 saturated heterocycles. The third-order valence-electron chi connectivity index (χ3n) is 5.07. The van der Waals surface area contributed by atoms with Crippen LogP contribution in [0.3, 0.4) is 0 Å². The minimum atomic E-state index is 0.263. The van der Waals surface area contributed by atoms with E-state index in [4.69, 9.17) is 0 Å². The van der Waals surface area contributed by atoms with Crippen molar-refractivity contribution >= 4 is 11.9 Å². The standard InChI is InChI=1S/C17H27N5O/c1-2-21-12-3-6-14(21)15-7-4-13-22(15)16(23)8-11-20-17-18-9-5-10-19-17/h5,9-10,14-15H,2-4,6-8,11-13H2,1H3,(H,18,19,20)/t14-,15-/m1/s1. The number of nitrogens with one attached hydrogen (secondary N) is 1. The predicted octanol–water partition coefficient (Wildman–Crippen LogP) is 1.75. The molecular weight excluding hydrogens is 290 g/mol. The van der Waals surface area contributed by atoms with Gasteiger partial charge in [0.25, 0.3) is 0 Å². The van der Waals surface area contributed by atoms with Gasteiger partial charge in [-0.3, -0.25) is 9.69 Å². The molecule has 1 aromatic heterocycles. The van der Waals surface area contributed by atoms with Crippen LogP contribution in [0.1, 0.15) is 39.0 Å². The first kappa shape index (κ1) is 16.2. The van der Waals surface area contributed by atoms with E-state index in [0.717, 1.165) is 25.9 Å². The SMILES string of the molecule is CCN1CCC[C@@H]1[C@H]1CCCN1C(=O)CCNc1ncccn1. The summed E-state index contributed by atoms with van der Waals surface area (Å²) in [5, 5.41) is 3.12. The van der Waals surface area contributed by atoms with E-state index in [-0.39, 0.29) is 5.91 Å². The smallest absolute Gasteiger partial charge is 0.224 e. The number of anilines is 1. The summed E-state index contributed by atoms with van der Waals surface area (Å²) in [7, 11) is 0. The van der Waals surface area contributed by atoms with Crippen molar-refractivity contribution in [3.8, 4) is 0 Å². The number of hydrogen-bond donors (Lipinski definition) is 1. The van der Waals surface area contributed by atoms with Crippen LogP contribution in [0.4, 0.5) is 5.95 Å². The fourth-order valence-corrected chi connectivity index (χ4v) is 4.00. The first-order valence-corrected chi connectivity index (χ1v) is 8.84. The van der Waals surface area contributed by atoms with Crippen LogP contribution in [-0.4, -0.2) is 63.9 Å². The zero-order valence-electron chi connectivity index (χ0n) is 13.9. The highest BCUT2D eigenvalue weighted by Gasteiger charge is 2.38. The molecule has 2 fully saturated rings. The van der Waals surface area contributed by atoms with E-state index >= 15 is 0 Å². The maximum atomic E-state index is 12.6. The van der Waals surface area contributed by atoms with Crippen molar-refractivity contribution in [1.82, 2.24) is 19.8 Å². The van der Waals surface area contributed by atoms with Crippen molar-refractivity contribution in [3.63, 3.8) is 0 Å². The predicted molar refractivity (Wildman–Crippen MR) is 90.1 cm³/mol. The minimum Gasteiger partial charge on any atom is -0.354 e. The maximum absolute atomic E-state index is 12.6. The van der Waals surface area contributed by atoms with Crippen LogP contribution in [0.15, 0.2) is 18.5 Å². The third kappa shape index (κ3) is 3.80. The molecule has 23 heavy (non-hydrogen) atoms. The lowest BCUT2D eigenvalue weighted by Gasteiger charge is -2.34. The maximum Gasteiger partial charge on any atom is 0.224 e. The van der Waals surface area contributed by atoms with E-state index in [0.29, 0.717) is 31.0 Å². The molecular formula is C17H27N5O. The molecule has 0 saturated carbocycles. The number of aromatic nitrogens is 2. The van der Waals surface area contributed by atoms with Gasteiger partial charge in [0.1, 0.15) is 0 Å². The lowest BCUT2D eigenvalue weighted by Crippen LogP contribution is -2.48. The molecule has 126 valence electrons. The molecule has 2 aliphatic rings. The molecule has 0 bridgehead atoms. The van der Waals surface area contributed by atoms with Gasteiger partial charge in [-0.25, -0.2) is 9.97 Å². The van der Waals surface area contributed by atoms with Crippen molar-refractivity contribution in [1.29, 1.82) is 0 Å². The Balaban J connectivity index is 1.52. The van der Waals surface area contributed by atoms with Gasteiger partial charge in [-0.2, -0.15) is 0 Å². The van der Waals surface area contributed by atoms with Gasteiger partial charge in [0.05, 0.1) is 0 Å². The molecule has 3 rings (SSSR count). The quantitative estimate of drug-likeness (QED) is 0.866.